The van der Waals surface area contributed by atoms with Gasteiger partial charge in [0.15, 0.2) is 6.29 Å². The summed E-state index contributed by atoms with van der Waals surface area (Å²) in [5, 5.41) is 0. The average molecular weight is 158 g/mol. The standard InChI is InChI=1S/C8H14O3/c1-10-8(11-2)5-7(9)6-3-4-6/h6,8H,3-5H2,1-2H3. The lowest BCUT2D eigenvalue weighted by molar-refractivity contribution is -0.138. The summed E-state index contributed by atoms with van der Waals surface area (Å²) in [5.74, 6) is 0.585. The molecule has 0 radical (unpaired) electrons. The van der Waals surface area contributed by atoms with E-state index in [1.807, 2.05) is 0 Å². The molecule has 1 aliphatic rings. The van der Waals surface area contributed by atoms with E-state index in [-0.39, 0.29) is 12.1 Å². The first kappa shape index (κ1) is 8.68. The molecule has 64 valence electrons. The van der Waals surface area contributed by atoms with Crippen LogP contribution >= 0.6 is 0 Å². The maximum atomic E-state index is 11.2. The zero-order valence-corrected chi connectivity index (χ0v) is 7.00. The van der Waals surface area contributed by atoms with Crippen LogP contribution in [0.5, 0.6) is 0 Å². The highest BCUT2D eigenvalue weighted by Crippen LogP contribution is 2.31. The second-order valence-corrected chi connectivity index (χ2v) is 2.85. The fourth-order valence-corrected chi connectivity index (χ4v) is 0.999. The molecule has 1 rings (SSSR count). The van der Waals surface area contributed by atoms with Crippen molar-refractivity contribution in [1.29, 1.82) is 0 Å². The molecule has 0 saturated heterocycles. The van der Waals surface area contributed by atoms with Gasteiger partial charge in [-0.25, -0.2) is 0 Å². The molecule has 0 aromatic carbocycles. The lowest BCUT2D eigenvalue weighted by Crippen LogP contribution is -2.18. The normalized spacial score (nSPS) is 17.4. The molecule has 0 amide bonds. The Morgan fingerprint density at radius 3 is 2.36 bits per heavy atom. The summed E-state index contributed by atoms with van der Waals surface area (Å²) in [4.78, 5) is 11.2. The van der Waals surface area contributed by atoms with Crippen molar-refractivity contribution >= 4 is 5.78 Å². The van der Waals surface area contributed by atoms with Crippen LogP contribution in [0.15, 0.2) is 0 Å². The molecule has 0 N–H and O–H groups in total. The van der Waals surface area contributed by atoms with Gasteiger partial charge >= 0.3 is 0 Å². The molecule has 1 aliphatic carbocycles. The molecule has 11 heavy (non-hydrogen) atoms. The van der Waals surface area contributed by atoms with Crippen LogP contribution in [-0.2, 0) is 14.3 Å². The van der Waals surface area contributed by atoms with Crippen LogP contribution < -0.4 is 0 Å². The van der Waals surface area contributed by atoms with Crippen LogP contribution in [0.2, 0.25) is 0 Å². The zero-order valence-electron chi connectivity index (χ0n) is 7.00. The van der Waals surface area contributed by atoms with E-state index in [0.29, 0.717) is 12.3 Å². The molecule has 0 heterocycles. The summed E-state index contributed by atoms with van der Waals surface area (Å²) >= 11 is 0. The van der Waals surface area contributed by atoms with Crippen LogP contribution in [0.25, 0.3) is 0 Å². The van der Waals surface area contributed by atoms with Crippen LogP contribution in [-0.4, -0.2) is 26.3 Å². The van der Waals surface area contributed by atoms with Crippen molar-refractivity contribution in [2.24, 2.45) is 5.92 Å². The van der Waals surface area contributed by atoms with E-state index in [1.54, 1.807) is 14.2 Å². The molecule has 0 aliphatic heterocycles. The maximum absolute atomic E-state index is 11.2. The first-order valence-electron chi connectivity index (χ1n) is 3.86. The van der Waals surface area contributed by atoms with Crippen LogP contribution in [0, 0.1) is 5.92 Å². The monoisotopic (exact) mass is 158 g/mol. The quantitative estimate of drug-likeness (QED) is 0.559. The first-order chi connectivity index (χ1) is 5.27. The predicted octanol–water partition coefficient (Wildman–Crippen LogP) is 0.974. The molecule has 0 aromatic heterocycles. The van der Waals surface area contributed by atoms with E-state index in [0.717, 1.165) is 12.8 Å². The summed E-state index contributed by atoms with van der Waals surface area (Å²) in [6, 6.07) is 0. The second-order valence-electron chi connectivity index (χ2n) is 2.85. The maximum Gasteiger partial charge on any atom is 0.163 e. The fourth-order valence-electron chi connectivity index (χ4n) is 0.999. The van der Waals surface area contributed by atoms with Crippen LogP contribution in [0.3, 0.4) is 0 Å². The van der Waals surface area contributed by atoms with Gasteiger partial charge in [0.2, 0.25) is 0 Å². The summed E-state index contributed by atoms with van der Waals surface area (Å²) in [6.45, 7) is 0. The minimum atomic E-state index is -0.344. The lowest BCUT2D eigenvalue weighted by Gasteiger charge is -2.11. The average Bonchev–Trinajstić information content (AvgIpc) is 2.81. The van der Waals surface area contributed by atoms with Crippen molar-refractivity contribution in [1.82, 2.24) is 0 Å². The molecule has 3 nitrogen and oxygen atoms in total. The molecule has 0 atom stereocenters. The number of ether oxygens (including phenoxy) is 2. The van der Waals surface area contributed by atoms with Gasteiger partial charge in [0.05, 0.1) is 6.42 Å². The zero-order chi connectivity index (χ0) is 8.27. The summed E-state index contributed by atoms with van der Waals surface area (Å²) in [5.41, 5.74) is 0. The van der Waals surface area contributed by atoms with E-state index in [2.05, 4.69) is 0 Å². The smallest absolute Gasteiger partial charge is 0.163 e. The van der Waals surface area contributed by atoms with Gasteiger partial charge < -0.3 is 9.47 Å². The van der Waals surface area contributed by atoms with E-state index >= 15 is 0 Å². The minimum Gasteiger partial charge on any atom is -0.355 e. The van der Waals surface area contributed by atoms with Crippen molar-refractivity contribution in [2.75, 3.05) is 14.2 Å². The molecular weight excluding hydrogens is 144 g/mol. The van der Waals surface area contributed by atoms with Gasteiger partial charge in [-0.3, -0.25) is 4.79 Å². The Kier molecular flexibility index (Phi) is 3.02. The van der Waals surface area contributed by atoms with Gasteiger partial charge in [0, 0.05) is 20.1 Å². The SMILES string of the molecule is COC(CC(=O)C1CC1)OC. The molecule has 0 unspecified atom stereocenters. The minimum absolute atomic E-state index is 0.277. The number of ketones is 1. The van der Waals surface area contributed by atoms with Gasteiger partial charge in [0.1, 0.15) is 5.78 Å². The number of methoxy groups -OCH3 is 2. The summed E-state index contributed by atoms with van der Waals surface area (Å²) in [7, 11) is 3.10. The Morgan fingerprint density at radius 2 is 2.00 bits per heavy atom. The van der Waals surface area contributed by atoms with Gasteiger partial charge in [-0.1, -0.05) is 0 Å². The van der Waals surface area contributed by atoms with Crippen molar-refractivity contribution in [3.05, 3.63) is 0 Å². The van der Waals surface area contributed by atoms with E-state index < -0.39 is 0 Å². The molecule has 0 bridgehead atoms. The molecule has 1 fully saturated rings. The number of carbonyl (C=O) groups excluding carboxylic acids is 1. The Bertz CT molecular complexity index is 136. The number of Topliss-reactive ketones (excluding diaryl/α,β-unsaturated/α-hetero) is 1. The molecular formula is C8H14O3. The van der Waals surface area contributed by atoms with E-state index in [1.165, 1.54) is 0 Å². The van der Waals surface area contributed by atoms with Gasteiger partial charge in [-0.15, -0.1) is 0 Å². The Labute approximate surface area is 66.7 Å². The Morgan fingerprint density at radius 1 is 1.45 bits per heavy atom. The third kappa shape index (κ3) is 2.60. The van der Waals surface area contributed by atoms with E-state index in [4.69, 9.17) is 9.47 Å². The largest absolute Gasteiger partial charge is 0.355 e. The second kappa shape index (κ2) is 3.83. The number of hydrogen-bond acceptors (Lipinski definition) is 3. The van der Waals surface area contributed by atoms with Gasteiger partial charge in [0.25, 0.3) is 0 Å². The van der Waals surface area contributed by atoms with Gasteiger partial charge in [-0.2, -0.15) is 0 Å². The molecule has 3 heteroatoms. The van der Waals surface area contributed by atoms with Crippen molar-refractivity contribution in [3.63, 3.8) is 0 Å². The van der Waals surface area contributed by atoms with Crippen molar-refractivity contribution in [2.45, 2.75) is 25.6 Å². The number of carbonyl (C=O) groups is 1. The third-order valence-electron chi connectivity index (χ3n) is 1.93. The Balaban J connectivity index is 2.20. The predicted molar refractivity (Wildman–Crippen MR) is 40.2 cm³/mol. The number of hydrogen-bond donors (Lipinski definition) is 0. The first-order valence-corrected chi connectivity index (χ1v) is 3.86. The van der Waals surface area contributed by atoms with Crippen molar-refractivity contribution < 1.29 is 14.3 Å². The van der Waals surface area contributed by atoms with Crippen LogP contribution in [0.1, 0.15) is 19.3 Å². The van der Waals surface area contributed by atoms with Gasteiger partial charge in [-0.05, 0) is 12.8 Å². The number of rotatable bonds is 5. The highest BCUT2D eigenvalue weighted by Gasteiger charge is 2.30. The van der Waals surface area contributed by atoms with Crippen molar-refractivity contribution in [3.8, 4) is 0 Å². The highest BCUT2D eigenvalue weighted by molar-refractivity contribution is 5.83. The summed E-state index contributed by atoms with van der Waals surface area (Å²) in [6.07, 6.45) is 2.17. The molecule has 1 saturated carbocycles. The topological polar surface area (TPSA) is 35.5 Å². The summed E-state index contributed by atoms with van der Waals surface area (Å²) < 4.78 is 9.81. The third-order valence-corrected chi connectivity index (χ3v) is 1.93. The van der Waals surface area contributed by atoms with E-state index in [9.17, 15) is 4.79 Å². The van der Waals surface area contributed by atoms with Crippen LogP contribution in [0.4, 0.5) is 0 Å². The lowest BCUT2D eigenvalue weighted by atomic mass is 10.2. The highest BCUT2D eigenvalue weighted by atomic mass is 16.7. The molecule has 0 spiro atoms. The fraction of sp³-hybridized carbons (Fsp3) is 0.875. The molecule has 0 aromatic rings. The Hall–Kier alpha value is -0.410.